The van der Waals surface area contributed by atoms with E-state index in [9.17, 15) is 4.79 Å². The fourth-order valence-electron chi connectivity index (χ4n) is 1.22. The van der Waals surface area contributed by atoms with Crippen LogP contribution in [0, 0.1) is 6.92 Å². The van der Waals surface area contributed by atoms with E-state index in [1.807, 2.05) is 19.1 Å². The average molecular weight is 289 g/mol. The standard InChI is InChI=1S/C11H9ClN2OS.ClH/c1-7-3-2-6-13-10(7)14-11(15)8-4-5-9(12)16-8;/h2-6H,1H3,(H,13,14,15);1H. The van der Waals surface area contributed by atoms with Crippen molar-refractivity contribution < 1.29 is 4.79 Å². The maximum Gasteiger partial charge on any atom is 0.266 e. The molecular formula is C11H10Cl2N2OS. The van der Waals surface area contributed by atoms with Crippen molar-refractivity contribution >= 4 is 47.1 Å². The quantitative estimate of drug-likeness (QED) is 0.914. The highest BCUT2D eigenvalue weighted by Gasteiger charge is 2.10. The van der Waals surface area contributed by atoms with E-state index >= 15 is 0 Å². The third kappa shape index (κ3) is 3.43. The number of aromatic nitrogens is 1. The van der Waals surface area contributed by atoms with Gasteiger partial charge in [-0.2, -0.15) is 0 Å². The molecule has 6 heteroatoms. The molecule has 90 valence electrons. The number of anilines is 1. The average Bonchev–Trinajstić information content (AvgIpc) is 2.68. The number of amides is 1. The molecule has 0 atom stereocenters. The van der Waals surface area contributed by atoms with Crippen LogP contribution in [0.25, 0.3) is 0 Å². The molecule has 0 saturated heterocycles. The molecule has 0 unspecified atom stereocenters. The summed E-state index contributed by atoms with van der Waals surface area (Å²) in [5, 5.41) is 2.74. The topological polar surface area (TPSA) is 42.0 Å². The highest BCUT2D eigenvalue weighted by Crippen LogP contribution is 2.22. The monoisotopic (exact) mass is 288 g/mol. The molecule has 0 saturated carbocycles. The van der Waals surface area contributed by atoms with Gasteiger partial charge in [-0.1, -0.05) is 17.7 Å². The zero-order valence-electron chi connectivity index (χ0n) is 8.94. The van der Waals surface area contributed by atoms with Crippen LogP contribution in [-0.4, -0.2) is 10.9 Å². The Hall–Kier alpha value is -1.10. The van der Waals surface area contributed by atoms with Gasteiger partial charge in [-0.25, -0.2) is 4.98 Å². The van der Waals surface area contributed by atoms with Gasteiger partial charge < -0.3 is 5.32 Å². The molecule has 0 aliphatic carbocycles. The molecule has 0 radical (unpaired) electrons. The van der Waals surface area contributed by atoms with Crippen molar-refractivity contribution in [1.82, 2.24) is 4.98 Å². The molecular weight excluding hydrogens is 279 g/mol. The fourth-order valence-corrected chi connectivity index (χ4v) is 2.16. The third-order valence-corrected chi connectivity index (χ3v) is 3.27. The molecule has 0 spiro atoms. The van der Waals surface area contributed by atoms with Gasteiger partial charge in [0.1, 0.15) is 5.82 Å². The summed E-state index contributed by atoms with van der Waals surface area (Å²) in [6.07, 6.45) is 1.64. The number of nitrogens with one attached hydrogen (secondary N) is 1. The molecule has 1 amide bonds. The fraction of sp³-hybridized carbons (Fsp3) is 0.0909. The largest absolute Gasteiger partial charge is 0.306 e. The summed E-state index contributed by atoms with van der Waals surface area (Å²) in [5.41, 5.74) is 0.929. The first-order valence-electron chi connectivity index (χ1n) is 4.65. The second-order valence-electron chi connectivity index (χ2n) is 3.23. The molecule has 2 aromatic heterocycles. The number of carbonyl (C=O) groups excluding carboxylic acids is 1. The number of hydrogen-bond acceptors (Lipinski definition) is 3. The van der Waals surface area contributed by atoms with Crippen molar-refractivity contribution in [2.75, 3.05) is 5.32 Å². The lowest BCUT2D eigenvalue weighted by atomic mass is 10.3. The first-order chi connectivity index (χ1) is 7.66. The van der Waals surface area contributed by atoms with Gasteiger partial charge in [0.2, 0.25) is 0 Å². The van der Waals surface area contributed by atoms with Gasteiger partial charge in [0, 0.05) is 6.20 Å². The molecule has 17 heavy (non-hydrogen) atoms. The molecule has 2 aromatic rings. The highest BCUT2D eigenvalue weighted by atomic mass is 35.5. The van der Waals surface area contributed by atoms with Crippen LogP contribution in [0.1, 0.15) is 15.2 Å². The second kappa shape index (κ2) is 6.00. The van der Waals surface area contributed by atoms with Gasteiger partial charge in [-0.3, -0.25) is 4.79 Å². The molecule has 0 aliphatic rings. The summed E-state index contributed by atoms with van der Waals surface area (Å²) in [6, 6.07) is 7.12. The number of carbonyl (C=O) groups is 1. The smallest absolute Gasteiger partial charge is 0.266 e. The predicted molar refractivity (Wildman–Crippen MR) is 73.5 cm³/mol. The van der Waals surface area contributed by atoms with E-state index in [1.54, 1.807) is 18.3 Å². The Kier molecular flexibility index (Phi) is 4.93. The molecule has 1 N–H and O–H groups in total. The lowest BCUT2D eigenvalue weighted by Crippen LogP contribution is -2.12. The Morgan fingerprint density at radius 2 is 2.18 bits per heavy atom. The van der Waals surface area contributed by atoms with Crippen LogP contribution in [0.2, 0.25) is 4.34 Å². The number of aryl methyl sites for hydroxylation is 1. The van der Waals surface area contributed by atoms with Gasteiger partial charge in [0.25, 0.3) is 5.91 Å². The van der Waals surface area contributed by atoms with Crippen molar-refractivity contribution in [1.29, 1.82) is 0 Å². The molecule has 0 aromatic carbocycles. The van der Waals surface area contributed by atoms with Crippen molar-refractivity contribution in [3.63, 3.8) is 0 Å². The minimum Gasteiger partial charge on any atom is -0.306 e. The van der Waals surface area contributed by atoms with Crippen molar-refractivity contribution in [2.45, 2.75) is 6.92 Å². The van der Waals surface area contributed by atoms with E-state index < -0.39 is 0 Å². The Bertz CT molecular complexity index is 528. The second-order valence-corrected chi connectivity index (χ2v) is 4.94. The minimum atomic E-state index is -0.182. The van der Waals surface area contributed by atoms with Crippen molar-refractivity contribution in [2.24, 2.45) is 0 Å². The van der Waals surface area contributed by atoms with Crippen LogP contribution in [0.5, 0.6) is 0 Å². The van der Waals surface area contributed by atoms with Crippen LogP contribution in [0.15, 0.2) is 30.5 Å². The third-order valence-electron chi connectivity index (χ3n) is 2.04. The number of nitrogens with zero attached hydrogens (tertiary/aromatic N) is 1. The molecule has 0 aliphatic heterocycles. The normalized spacial score (nSPS) is 9.53. The summed E-state index contributed by atoms with van der Waals surface area (Å²) in [5.74, 6) is 0.399. The molecule has 2 rings (SSSR count). The lowest BCUT2D eigenvalue weighted by molar-refractivity contribution is 0.103. The van der Waals surface area contributed by atoms with Gasteiger partial charge in [-0.05, 0) is 30.7 Å². The SMILES string of the molecule is Cc1cccnc1NC(=O)c1ccc(Cl)s1.Cl. The summed E-state index contributed by atoms with van der Waals surface area (Å²) < 4.78 is 0.600. The van der Waals surface area contributed by atoms with Gasteiger partial charge in [0.15, 0.2) is 0 Å². The molecule has 3 nitrogen and oxygen atoms in total. The summed E-state index contributed by atoms with van der Waals surface area (Å²) in [6.45, 7) is 1.89. The Labute approximate surface area is 114 Å². The number of rotatable bonds is 2. The van der Waals surface area contributed by atoms with Crippen LogP contribution in [-0.2, 0) is 0 Å². The van der Waals surface area contributed by atoms with Crippen molar-refractivity contribution in [3.8, 4) is 0 Å². The first-order valence-corrected chi connectivity index (χ1v) is 5.84. The van der Waals surface area contributed by atoms with Gasteiger partial charge in [-0.15, -0.1) is 23.7 Å². The highest BCUT2D eigenvalue weighted by molar-refractivity contribution is 7.18. The maximum absolute atomic E-state index is 11.8. The maximum atomic E-state index is 11.8. The number of pyridine rings is 1. The summed E-state index contributed by atoms with van der Waals surface area (Å²) >= 11 is 7.01. The van der Waals surface area contributed by atoms with Crippen LogP contribution in [0.4, 0.5) is 5.82 Å². The first kappa shape index (κ1) is 14.0. The molecule has 2 heterocycles. The number of hydrogen-bond donors (Lipinski definition) is 1. The predicted octanol–water partition coefficient (Wildman–Crippen LogP) is 3.78. The Balaban J connectivity index is 0.00000144. The number of thiophene rings is 1. The van der Waals surface area contributed by atoms with E-state index in [4.69, 9.17) is 11.6 Å². The summed E-state index contributed by atoms with van der Waals surface area (Å²) in [4.78, 5) is 16.4. The van der Waals surface area contributed by atoms with Crippen LogP contribution in [0.3, 0.4) is 0 Å². The molecule has 0 fully saturated rings. The molecule has 0 bridgehead atoms. The van der Waals surface area contributed by atoms with E-state index in [2.05, 4.69) is 10.3 Å². The zero-order valence-corrected chi connectivity index (χ0v) is 11.3. The van der Waals surface area contributed by atoms with Gasteiger partial charge >= 0.3 is 0 Å². The Morgan fingerprint density at radius 1 is 1.41 bits per heavy atom. The van der Waals surface area contributed by atoms with Crippen LogP contribution >= 0.6 is 35.3 Å². The Morgan fingerprint density at radius 3 is 2.76 bits per heavy atom. The lowest BCUT2D eigenvalue weighted by Gasteiger charge is -2.04. The minimum absolute atomic E-state index is 0. The van der Waals surface area contributed by atoms with E-state index in [1.165, 1.54) is 11.3 Å². The van der Waals surface area contributed by atoms with E-state index in [0.29, 0.717) is 15.0 Å². The van der Waals surface area contributed by atoms with Gasteiger partial charge in [0.05, 0.1) is 9.21 Å². The summed E-state index contributed by atoms with van der Waals surface area (Å²) in [7, 11) is 0. The number of halogens is 2. The van der Waals surface area contributed by atoms with Crippen molar-refractivity contribution in [3.05, 3.63) is 45.2 Å². The van der Waals surface area contributed by atoms with E-state index in [0.717, 1.165) is 5.56 Å². The van der Waals surface area contributed by atoms with Crippen LogP contribution < -0.4 is 5.32 Å². The zero-order chi connectivity index (χ0) is 11.5. The van der Waals surface area contributed by atoms with E-state index in [-0.39, 0.29) is 18.3 Å².